The minimum atomic E-state index is -1.07. The molecule has 0 aliphatic rings. The molecule has 0 saturated heterocycles. The smallest absolute Gasteiger partial charge is 0.870 e. The van der Waals surface area contributed by atoms with Crippen LogP contribution in [0.5, 0.6) is 0 Å². The number of aromatic carboxylic acids is 1. The van der Waals surface area contributed by atoms with E-state index < -0.39 is 5.97 Å². The van der Waals surface area contributed by atoms with Gasteiger partial charge in [-0.1, -0.05) is 18.2 Å². The van der Waals surface area contributed by atoms with Gasteiger partial charge >= 0.3 is 57.4 Å². The first kappa shape index (κ1) is 21.9. The van der Waals surface area contributed by atoms with Gasteiger partial charge in [-0.3, -0.25) is 0 Å². The average molecular weight is 425 g/mol. The molecule has 7 nitrogen and oxygen atoms in total. The van der Waals surface area contributed by atoms with E-state index in [-0.39, 0.29) is 67.4 Å². The number of anilines is 2. The molecule has 0 radical (unpaired) electrons. The van der Waals surface area contributed by atoms with Crippen molar-refractivity contribution in [3.05, 3.63) is 46.7 Å². The van der Waals surface area contributed by atoms with E-state index >= 15 is 0 Å². The Morgan fingerprint density at radius 3 is 2.52 bits per heavy atom. The standard InChI is InChI=1S/C17H12N4O2S2.K.H2O/c18-9-4-1-3-8(7-9)13-11-12(19)14(17(22)23)25-16(11)21-15(20-13)10-5-2-6-24-10;;/h1-7H,18-19H2,(H,22,23);;1H2/q;+1;/p-1. The number of thiophene rings is 2. The Hall–Kier alpha value is -1.37. The summed E-state index contributed by atoms with van der Waals surface area (Å²) in [6.07, 6.45) is 0. The van der Waals surface area contributed by atoms with Gasteiger partial charge < -0.3 is 22.1 Å². The molecule has 0 bridgehead atoms. The Morgan fingerprint density at radius 1 is 1.11 bits per heavy atom. The molecule has 0 aliphatic heterocycles. The quantitative estimate of drug-likeness (QED) is 0.325. The molecular formula is C17H13KN4O3S2. The van der Waals surface area contributed by atoms with Gasteiger partial charge in [-0.25, -0.2) is 14.8 Å². The van der Waals surface area contributed by atoms with E-state index in [0.29, 0.717) is 27.4 Å². The number of nitrogen functional groups attached to an aromatic ring is 2. The zero-order valence-electron chi connectivity index (χ0n) is 14.2. The van der Waals surface area contributed by atoms with Crippen LogP contribution in [-0.2, 0) is 0 Å². The summed E-state index contributed by atoms with van der Waals surface area (Å²) in [6.45, 7) is 0. The minimum Gasteiger partial charge on any atom is -0.870 e. The molecular weight excluding hydrogens is 411 g/mol. The first-order valence-electron chi connectivity index (χ1n) is 7.27. The third kappa shape index (κ3) is 4.07. The van der Waals surface area contributed by atoms with Crippen molar-refractivity contribution < 1.29 is 66.8 Å². The summed E-state index contributed by atoms with van der Waals surface area (Å²) in [7, 11) is 0. The van der Waals surface area contributed by atoms with Gasteiger partial charge in [0.2, 0.25) is 0 Å². The normalized spacial score (nSPS) is 10.2. The molecule has 0 spiro atoms. The van der Waals surface area contributed by atoms with Crippen LogP contribution < -0.4 is 62.9 Å². The second-order valence-electron chi connectivity index (χ2n) is 5.33. The summed E-state index contributed by atoms with van der Waals surface area (Å²) in [5.41, 5.74) is 14.1. The van der Waals surface area contributed by atoms with E-state index in [0.717, 1.165) is 21.8 Å². The number of nitrogens with two attached hydrogens (primary N) is 2. The topological polar surface area (TPSA) is 145 Å². The van der Waals surface area contributed by atoms with Crippen LogP contribution in [0.2, 0.25) is 0 Å². The molecule has 0 unspecified atom stereocenters. The molecule has 0 saturated carbocycles. The van der Waals surface area contributed by atoms with Crippen LogP contribution >= 0.6 is 22.7 Å². The molecule has 0 amide bonds. The van der Waals surface area contributed by atoms with Crippen LogP contribution in [0.1, 0.15) is 9.67 Å². The van der Waals surface area contributed by atoms with Crippen LogP contribution in [0.4, 0.5) is 11.4 Å². The van der Waals surface area contributed by atoms with Crippen LogP contribution in [0.25, 0.3) is 32.2 Å². The maximum Gasteiger partial charge on any atom is 1.00 e. The van der Waals surface area contributed by atoms with Crippen LogP contribution in [-0.4, -0.2) is 26.5 Å². The summed E-state index contributed by atoms with van der Waals surface area (Å²) in [6, 6.07) is 11.1. The molecule has 132 valence electrons. The third-order valence-electron chi connectivity index (χ3n) is 3.68. The molecule has 3 aromatic heterocycles. The van der Waals surface area contributed by atoms with E-state index in [4.69, 9.17) is 11.5 Å². The van der Waals surface area contributed by atoms with Gasteiger partial charge in [0.05, 0.1) is 21.6 Å². The molecule has 0 aliphatic carbocycles. The fraction of sp³-hybridized carbons (Fsp3) is 0. The number of hydrogen-bond acceptors (Lipinski definition) is 8. The predicted molar refractivity (Wildman–Crippen MR) is 104 cm³/mol. The van der Waals surface area contributed by atoms with Crippen LogP contribution in [0.15, 0.2) is 41.8 Å². The summed E-state index contributed by atoms with van der Waals surface area (Å²) in [5, 5.41) is 11.9. The van der Waals surface area contributed by atoms with Crippen molar-refractivity contribution in [3.63, 3.8) is 0 Å². The molecule has 0 atom stereocenters. The van der Waals surface area contributed by atoms with E-state index in [1.54, 1.807) is 12.1 Å². The first-order chi connectivity index (χ1) is 12.0. The van der Waals surface area contributed by atoms with E-state index in [2.05, 4.69) is 9.97 Å². The SMILES string of the molecule is Nc1cccc(-c2nc(-c3cccs3)nc3sc(C(=O)O)c(N)c23)c1.[K+].[OH-]. The largest absolute Gasteiger partial charge is 1.00 e. The Kier molecular flexibility index (Phi) is 7.11. The molecule has 0 fully saturated rings. The van der Waals surface area contributed by atoms with Crippen molar-refractivity contribution in [2.24, 2.45) is 0 Å². The van der Waals surface area contributed by atoms with Crippen molar-refractivity contribution in [2.75, 3.05) is 11.5 Å². The summed E-state index contributed by atoms with van der Waals surface area (Å²) >= 11 is 2.57. The van der Waals surface area contributed by atoms with E-state index in [9.17, 15) is 9.90 Å². The van der Waals surface area contributed by atoms with E-state index in [1.165, 1.54) is 11.3 Å². The number of hydrogen-bond donors (Lipinski definition) is 3. The molecule has 10 heteroatoms. The molecule has 27 heavy (non-hydrogen) atoms. The number of carboxylic acids is 1. The van der Waals surface area contributed by atoms with Gasteiger partial charge in [-0.05, 0) is 23.6 Å². The summed E-state index contributed by atoms with van der Waals surface area (Å²) in [4.78, 5) is 22.2. The minimum absolute atomic E-state index is 0. The predicted octanol–water partition coefficient (Wildman–Crippen LogP) is 0.777. The fourth-order valence-electron chi connectivity index (χ4n) is 2.59. The number of nitrogens with zero attached hydrogens (tertiary/aromatic N) is 2. The molecule has 1 aromatic carbocycles. The summed E-state index contributed by atoms with van der Waals surface area (Å²) < 4.78 is 0. The number of carboxylic acid groups (broad SMARTS) is 1. The maximum absolute atomic E-state index is 11.5. The van der Waals surface area contributed by atoms with Gasteiger partial charge in [0.15, 0.2) is 5.82 Å². The average Bonchev–Trinajstić information content (AvgIpc) is 3.22. The zero-order valence-corrected chi connectivity index (χ0v) is 19.0. The van der Waals surface area contributed by atoms with Gasteiger partial charge in [0.1, 0.15) is 9.71 Å². The molecule has 3 heterocycles. The van der Waals surface area contributed by atoms with Crippen LogP contribution in [0.3, 0.4) is 0 Å². The second kappa shape index (κ2) is 8.75. The van der Waals surface area contributed by atoms with Crippen molar-refractivity contribution in [1.82, 2.24) is 9.97 Å². The maximum atomic E-state index is 11.5. The number of carbonyl (C=O) groups is 1. The first-order valence-corrected chi connectivity index (χ1v) is 8.97. The van der Waals surface area contributed by atoms with E-state index in [1.807, 2.05) is 29.6 Å². The number of aromatic nitrogens is 2. The molecule has 4 rings (SSSR count). The summed E-state index contributed by atoms with van der Waals surface area (Å²) in [5.74, 6) is -0.533. The number of rotatable bonds is 3. The number of fused-ring (bicyclic) bond motifs is 1. The third-order valence-corrected chi connectivity index (χ3v) is 5.64. The van der Waals surface area contributed by atoms with Gasteiger partial charge in [0.25, 0.3) is 0 Å². The molecule has 4 aromatic rings. The van der Waals surface area contributed by atoms with Gasteiger partial charge in [-0.15, -0.1) is 22.7 Å². The fourth-order valence-corrected chi connectivity index (χ4v) is 4.18. The zero-order chi connectivity index (χ0) is 17.6. The second-order valence-corrected chi connectivity index (χ2v) is 7.28. The Balaban J connectivity index is 0.00000131. The van der Waals surface area contributed by atoms with Crippen molar-refractivity contribution in [2.45, 2.75) is 0 Å². The van der Waals surface area contributed by atoms with Crippen molar-refractivity contribution >= 4 is 50.2 Å². The van der Waals surface area contributed by atoms with Crippen molar-refractivity contribution in [3.8, 4) is 22.0 Å². The van der Waals surface area contributed by atoms with Gasteiger partial charge in [0, 0.05) is 11.3 Å². The monoisotopic (exact) mass is 424 g/mol. The Morgan fingerprint density at radius 2 is 1.89 bits per heavy atom. The van der Waals surface area contributed by atoms with Crippen LogP contribution in [0, 0.1) is 0 Å². The Bertz CT molecular complexity index is 1110. The van der Waals surface area contributed by atoms with Gasteiger partial charge in [-0.2, -0.15) is 0 Å². The number of benzene rings is 1. The molecule has 6 N–H and O–H groups in total. The van der Waals surface area contributed by atoms with Crippen molar-refractivity contribution in [1.29, 1.82) is 0 Å². The Labute approximate surface area is 204 Å².